The van der Waals surface area contributed by atoms with Crippen LogP contribution in [0.5, 0.6) is 0 Å². The number of halogens is 2. The van der Waals surface area contributed by atoms with Crippen LogP contribution in [-0.4, -0.2) is 7.05 Å². The minimum atomic E-state index is -0.310. The van der Waals surface area contributed by atoms with Crippen molar-refractivity contribution in [3.63, 3.8) is 0 Å². The third-order valence-electron chi connectivity index (χ3n) is 2.77. The van der Waals surface area contributed by atoms with Crippen LogP contribution >= 0.6 is 22.9 Å². The largest absolute Gasteiger partial charge is 0.309 e. The van der Waals surface area contributed by atoms with E-state index in [1.165, 1.54) is 22.6 Å². The lowest BCUT2D eigenvalue weighted by Crippen LogP contribution is -2.18. The van der Waals surface area contributed by atoms with Crippen LogP contribution in [-0.2, 0) is 0 Å². The molecule has 0 spiro atoms. The molecule has 0 aliphatic rings. The Balaban J connectivity index is 2.46. The van der Waals surface area contributed by atoms with Gasteiger partial charge < -0.3 is 5.32 Å². The highest BCUT2D eigenvalue weighted by Gasteiger charge is 2.17. The Hall–Kier alpha value is -0.900. The van der Waals surface area contributed by atoms with Crippen molar-refractivity contribution in [3.8, 4) is 0 Å². The fourth-order valence-corrected chi connectivity index (χ4v) is 2.93. The van der Waals surface area contributed by atoms with Crippen molar-refractivity contribution in [3.05, 3.63) is 56.5 Å². The van der Waals surface area contributed by atoms with Gasteiger partial charge in [-0.15, -0.1) is 11.3 Å². The molecule has 1 N–H and O–H groups in total. The standard InChI is InChI=1S/C13H13ClFNS/c1-8-10(5-6-17-8)13(16-2)11-4-3-9(15)7-12(11)14/h3-7,13,16H,1-2H3. The number of aryl methyl sites for hydroxylation is 1. The molecule has 1 aromatic heterocycles. The molecule has 1 unspecified atom stereocenters. The Labute approximate surface area is 109 Å². The van der Waals surface area contributed by atoms with E-state index >= 15 is 0 Å². The van der Waals surface area contributed by atoms with E-state index in [0.29, 0.717) is 5.02 Å². The zero-order valence-electron chi connectivity index (χ0n) is 9.63. The molecule has 1 atom stereocenters. The van der Waals surface area contributed by atoms with Gasteiger partial charge in [-0.25, -0.2) is 4.39 Å². The molecule has 0 amide bonds. The molecule has 0 saturated carbocycles. The maximum Gasteiger partial charge on any atom is 0.124 e. The van der Waals surface area contributed by atoms with E-state index in [0.717, 1.165) is 5.56 Å². The Morgan fingerprint density at radius 2 is 2.06 bits per heavy atom. The number of nitrogens with one attached hydrogen (secondary N) is 1. The number of hydrogen-bond acceptors (Lipinski definition) is 2. The van der Waals surface area contributed by atoms with Crippen LogP contribution in [0.25, 0.3) is 0 Å². The molecule has 0 bridgehead atoms. The van der Waals surface area contributed by atoms with E-state index in [4.69, 9.17) is 11.6 Å². The Morgan fingerprint density at radius 1 is 1.29 bits per heavy atom. The number of rotatable bonds is 3. The fourth-order valence-electron chi connectivity index (χ4n) is 1.91. The van der Waals surface area contributed by atoms with Crippen molar-refractivity contribution in [2.24, 2.45) is 0 Å². The van der Waals surface area contributed by atoms with E-state index in [1.807, 2.05) is 12.4 Å². The lowest BCUT2D eigenvalue weighted by molar-refractivity contribution is 0.623. The molecule has 0 saturated heterocycles. The predicted molar refractivity (Wildman–Crippen MR) is 71.4 cm³/mol. The third kappa shape index (κ3) is 2.51. The van der Waals surface area contributed by atoms with Gasteiger partial charge in [-0.05, 0) is 48.7 Å². The van der Waals surface area contributed by atoms with E-state index in [2.05, 4.69) is 18.3 Å². The van der Waals surface area contributed by atoms with Crippen LogP contribution < -0.4 is 5.32 Å². The summed E-state index contributed by atoms with van der Waals surface area (Å²) in [5.41, 5.74) is 2.09. The minimum Gasteiger partial charge on any atom is -0.309 e. The van der Waals surface area contributed by atoms with Gasteiger partial charge in [-0.3, -0.25) is 0 Å². The first kappa shape index (κ1) is 12.6. The SMILES string of the molecule is CNC(c1ccc(F)cc1Cl)c1ccsc1C. The van der Waals surface area contributed by atoms with Gasteiger partial charge in [-0.2, -0.15) is 0 Å². The van der Waals surface area contributed by atoms with Crippen LogP contribution in [0.2, 0.25) is 5.02 Å². The highest BCUT2D eigenvalue weighted by atomic mass is 35.5. The molecule has 2 aromatic rings. The first-order chi connectivity index (χ1) is 8.13. The van der Waals surface area contributed by atoms with Crippen molar-refractivity contribution in [1.29, 1.82) is 0 Å². The van der Waals surface area contributed by atoms with Gasteiger partial charge >= 0.3 is 0 Å². The summed E-state index contributed by atoms with van der Waals surface area (Å²) in [5, 5.41) is 5.72. The molecule has 0 radical (unpaired) electrons. The summed E-state index contributed by atoms with van der Waals surface area (Å²) in [6.45, 7) is 2.07. The first-order valence-electron chi connectivity index (χ1n) is 5.29. The van der Waals surface area contributed by atoms with Crippen LogP contribution in [0.4, 0.5) is 4.39 Å². The average Bonchev–Trinajstić information content (AvgIpc) is 2.69. The van der Waals surface area contributed by atoms with Crippen molar-refractivity contribution >= 4 is 22.9 Å². The Kier molecular flexibility index (Phi) is 3.82. The van der Waals surface area contributed by atoms with Gasteiger partial charge in [0.05, 0.1) is 6.04 Å². The van der Waals surface area contributed by atoms with E-state index < -0.39 is 0 Å². The highest BCUT2D eigenvalue weighted by molar-refractivity contribution is 7.10. The van der Waals surface area contributed by atoms with Crippen molar-refractivity contribution in [2.45, 2.75) is 13.0 Å². The Bertz CT molecular complexity index is 524. The smallest absolute Gasteiger partial charge is 0.124 e. The van der Waals surface area contributed by atoms with Crippen molar-refractivity contribution in [1.82, 2.24) is 5.32 Å². The summed E-state index contributed by atoms with van der Waals surface area (Å²) in [6.07, 6.45) is 0. The highest BCUT2D eigenvalue weighted by Crippen LogP contribution is 2.32. The molecule has 0 aliphatic carbocycles. The summed E-state index contributed by atoms with van der Waals surface area (Å²) in [5.74, 6) is -0.310. The Morgan fingerprint density at radius 3 is 2.59 bits per heavy atom. The molecular formula is C13H13ClFNS. The summed E-state index contributed by atoms with van der Waals surface area (Å²) in [6, 6.07) is 6.60. The minimum absolute atomic E-state index is 0.00866. The van der Waals surface area contributed by atoms with E-state index in [1.54, 1.807) is 17.4 Å². The van der Waals surface area contributed by atoms with Gasteiger partial charge in [0.15, 0.2) is 0 Å². The summed E-state index contributed by atoms with van der Waals surface area (Å²) >= 11 is 7.79. The van der Waals surface area contributed by atoms with Gasteiger partial charge in [0.25, 0.3) is 0 Å². The second-order valence-corrected chi connectivity index (χ2v) is 5.35. The average molecular weight is 270 g/mol. The molecule has 0 fully saturated rings. The van der Waals surface area contributed by atoms with E-state index in [-0.39, 0.29) is 11.9 Å². The molecule has 4 heteroatoms. The monoisotopic (exact) mass is 269 g/mol. The van der Waals surface area contributed by atoms with Gasteiger partial charge in [-0.1, -0.05) is 17.7 Å². The lowest BCUT2D eigenvalue weighted by atomic mass is 9.99. The molecule has 2 rings (SSSR count). The molecule has 17 heavy (non-hydrogen) atoms. The quantitative estimate of drug-likeness (QED) is 0.882. The third-order valence-corrected chi connectivity index (χ3v) is 3.96. The summed E-state index contributed by atoms with van der Waals surface area (Å²) in [7, 11) is 1.88. The maximum atomic E-state index is 13.0. The lowest BCUT2D eigenvalue weighted by Gasteiger charge is -2.18. The molecule has 0 aliphatic heterocycles. The zero-order valence-corrected chi connectivity index (χ0v) is 11.2. The van der Waals surface area contributed by atoms with Crippen molar-refractivity contribution in [2.75, 3.05) is 7.05 Å². The topological polar surface area (TPSA) is 12.0 Å². The van der Waals surface area contributed by atoms with Crippen LogP contribution in [0.15, 0.2) is 29.6 Å². The molecular weight excluding hydrogens is 257 g/mol. The van der Waals surface area contributed by atoms with Gasteiger partial charge in [0.2, 0.25) is 0 Å². The van der Waals surface area contributed by atoms with Gasteiger partial charge in [0, 0.05) is 9.90 Å². The number of benzene rings is 1. The van der Waals surface area contributed by atoms with Crippen LogP contribution in [0.1, 0.15) is 22.0 Å². The molecule has 90 valence electrons. The normalized spacial score (nSPS) is 12.7. The number of hydrogen-bond donors (Lipinski definition) is 1. The molecule has 1 heterocycles. The van der Waals surface area contributed by atoms with Crippen LogP contribution in [0.3, 0.4) is 0 Å². The molecule has 1 aromatic carbocycles. The van der Waals surface area contributed by atoms with Crippen molar-refractivity contribution < 1.29 is 4.39 Å². The van der Waals surface area contributed by atoms with Crippen LogP contribution in [0, 0.1) is 12.7 Å². The van der Waals surface area contributed by atoms with E-state index in [9.17, 15) is 4.39 Å². The maximum absolute atomic E-state index is 13.0. The predicted octanol–water partition coefficient (Wildman–Crippen LogP) is 4.16. The number of thiophene rings is 1. The summed E-state index contributed by atoms with van der Waals surface area (Å²) in [4.78, 5) is 1.24. The second kappa shape index (κ2) is 5.17. The molecule has 1 nitrogen and oxygen atoms in total. The van der Waals surface area contributed by atoms with Gasteiger partial charge in [0.1, 0.15) is 5.82 Å². The fraction of sp³-hybridized carbons (Fsp3) is 0.231. The first-order valence-corrected chi connectivity index (χ1v) is 6.55. The zero-order chi connectivity index (χ0) is 12.4. The summed E-state index contributed by atoms with van der Waals surface area (Å²) < 4.78 is 13.0. The second-order valence-electron chi connectivity index (χ2n) is 3.82.